The Morgan fingerprint density at radius 1 is 0.919 bits per heavy atom. The van der Waals surface area contributed by atoms with Crippen LogP contribution in [-0.2, 0) is 0 Å². The molecule has 188 valence electrons. The fourth-order valence-corrected chi connectivity index (χ4v) is 5.02. The van der Waals surface area contributed by atoms with Crippen molar-refractivity contribution in [2.24, 2.45) is 0 Å². The zero-order valence-corrected chi connectivity index (χ0v) is 22.0. The van der Waals surface area contributed by atoms with E-state index in [0.29, 0.717) is 35.3 Å². The number of allylic oxidation sites excluding steroid dienone is 4. The molecule has 3 heteroatoms. The molecule has 4 aromatic rings. The Hall–Kier alpha value is -3.85. The maximum atomic E-state index is 7.77. The predicted octanol–water partition coefficient (Wildman–Crippen LogP) is 9.57. The molecule has 1 aromatic heterocycles. The third kappa shape index (κ3) is 5.46. The quantitative estimate of drug-likeness (QED) is 0.257. The number of hydrogen-bond donors (Lipinski definition) is 0. The van der Waals surface area contributed by atoms with Gasteiger partial charge in [0.05, 0.1) is 11.9 Å². The summed E-state index contributed by atoms with van der Waals surface area (Å²) < 4.78 is 31.5. The van der Waals surface area contributed by atoms with Gasteiger partial charge in [0.2, 0.25) is 0 Å². The standard InChI is InChI=1S/C34H36N2O/c1-23(2)32-16-9-17-33(24(3)4)34(32)28-21-35-36(22-28)29-13-8-15-31(20-29)37-30-14-7-12-27(19-30)26-11-6-10-25(5)18-26/h6-17,19-24,26H,18H2,1-5H3/i5D3. The lowest BCUT2D eigenvalue weighted by Crippen LogP contribution is -2.00. The lowest BCUT2D eigenvalue weighted by atomic mass is 9.86. The second-order valence-corrected chi connectivity index (χ2v) is 10.4. The second-order valence-electron chi connectivity index (χ2n) is 10.4. The third-order valence-electron chi connectivity index (χ3n) is 6.93. The molecule has 0 aliphatic heterocycles. The van der Waals surface area contributed by atoms with Crippen molar-refractivity contribution >= 4 is 0 Å². The Kier molecular flexibility index (Phi) is 6.11. The maximum absolute atomic E-state index is 7.77. The molecule has 3 aromatic carbocycles. The number of ether oxygens (including phenoxy) is 1. The normalized spacial score (nSPS) is 16.9. The smallest absolute Gasteiger partial charge is 0.129 e. The molecule has 0 radical (unpaired) electrons. The Morgan fingerprint density at radius 2 is 1.62 bits per heavy atom. The molecule has 1 heterocycles. The summed E-state index contributed by atoms with van der Waals surface area (Å²) in [5.74, 6) is 2.23. The van der Waals surface area contributed by atoms with Crippen molar-refractivity contribution in [1.29, 1.82) is 0 Å². The first kappa shape index (κ1) is 21.3. The number of hydrogen-bond acceptors (Lipinski definition) is 2. The molecule has 0 N–H and O–H groups in total. The summed E-state index contributed by atoms with van der Waals surface area (Å²) in [6, 6.07) is 22.4. The average Bonchev–Trinajstić information content (AvgIpc) is 3.43. The predicted molar refractivity (Wildman–Crippen MR) is 154 cm³/mol. The lowest BCUT2D eigenvalue weighted by molar-refractivity contribution is 0.481. The van der Waals surface area contributed by atoms with E-state index >= 15 is 0 Å². The van der Waals surface area contributed by atoms with E-state index in [9.17, 15) is 0 Å². The minimum Gasteiger partial charge on any atom is -0.457 e. The van der Waals surface area contributed by atoms with Gasteiger partial charge in [-0.25, -0.2) is 4.68 Å². The van der Waals surface area contributed by atoms with Gasteiger partial charge in [0.15, 0.2) is 0 Å². The van der Waals surface area contributed by atoms with Crippen LogP contribution in [0.4, 0.5) is 0 Å². The van der Waals surface area contributed by atoms with Crippen LogP contribution in [0.3, 0.4) is 0 Å². The zero-order valence-electron chi connectivity index (χ0n) is 25.0. The molecule has 1 atom stereocenters. The summed E-state index contributed by atoms with van der Waals surface area (Å²) in [7, 11) is 0. The first-order valence-electron chi connectivity index (χ1n) is 14.5. The first-order chi connectivity index (χ1) is 19.1. The first-order valence-corrected chi connectivity index (χ1v) is 13.0. The van der Waals surface area contributed by atoms with Gasteiger partial charge in [-0.2, -0.15) is 5.10 Å². The van der Waals surface area contributed by atoms with Crippen LogP contribution in [0.15, 0.2) is 103 Å². The Bertz CT molecular complexity index is 1530. The van der Waals surface area contributed by atoms with Crippen molar-refractivity contribution < 1.29 is 8.85 Å². The van der Waals surface area contributed by atoms with Crippen molar-refractivity contribution in [3.8, 4) is 28.3 Å². The summed E-state index contributed by atoms with van der Waals surface area (Å²) in [4.78, 5) is 0. The minimum atomic E-state index is -2.07. The van der Waals surface area contributed by atoms with Gasteiger partial charge in [-0.3, -0.25) is 0 Å². The SMILES string of the molecule is [2H]C([2H])([2H])C1=CC=CC(c2cccc(Oc3cccc(-n4cc(-c5c(C(C)C)cccc5C(C)C)cn4)c3)c2)C1. The van der Waals surface area contributed by atoms with Crippen LogP contribution in [0.1, 0.15) is 79.5 Å². The molecule has 0 spiro atoms. The van der Waals surface area contributed by atoms with Crippen molar-refractivity contribution in [3.05, 3.63) is 120 Å². The molecule has 0 fully saturated rings. The molecule has 0 saturated carbocycles. The molecule has 5 rings (SSSR count). The lowest BCUT2D eigenvalue weighted by Gasteiger charge is -2.18. The molecule has 1 unspecified atom stereocenters. The van der Waals surface area contributed by atoms with E-state index in [2.05, 4.69) is 52.1 Å². The third-order valence-corrected chi connectivity index (χ3v) is 6.93. The van der Waals surface area contributed by atoms with Crippen molar-refractivity contribution in [3.63, 3.8) is 0 Å². The van der Waals surface area contributed by atoms with Crippen molar-refractivity contribution in [1.82, 2.24) is 9.78 Å². The molecule has 0 bridgehead atoms. The van der Waals surface area contributed by atoms with Gasteiger partial charge in [0.1, 0.15) is 11.5 Å². The van der Waals surface area contributed by atoms with Gasteiger partial charge >= 0.3 is 0 Å². The fraction of sp³-hybridized carbons (Fsp3) is 0.265. The summed E-state index contributed by atoms with van der Waals surface area (Å²) >= 11 is 0. The highest BCUT2D eigenvalue weighted by atomic mass is 16.5. The van der Waals surface area contributed by atoms with Crippen LogP contribution in [0.2, 0.25) is 0 Å². The number of rotatable bonds is 7. The van der Waals surface area contributed by atoms with E-state index in [1.54, 1.807) is 6.08 Å². The molecule has 1 aliphatic rings. The van der Waals surface area contributed by atoms with E-state index < -0.39 is 6.85 Å². The summed E-state index contributed by atoms with van der Waals surface area (Å²) in [6.45, 7) is 6.86. The van der Waals surface area contributed by atoms with Crippen LogP contribution in [-0.4, -0.2) is 9.78 Å². The zero-order chi connectivity index (χ0) is 28.4. The van der Waals surface area contributed by atoms with E-state index in [1.165, 1.54) is 16.7 Å². The molecule has 1 aliphatic carbocycles. The summed E-state index contributed by atoms with van der Waals surface area (Å²) in [6.07, 6.45) is 10.1. The van der Waals surface area contributed by atoms with Gasteiger partial charge in [-0.1, -0.05) is 87.9 Å². The van der Waals surface area contributed by atoms with Crippen molar-refractivity contribution in [2.45, 2.75) is 58.7 Å². The van der Waals surface area contributed by atoms with Gasteiger partial charge in [-0.05, 0) is 71.6 Å². The number of nitrogens with zero attached hydrogens (tertiary/aromatic N) is 2. The molecular weight excluding hydrogens is 452 g/mol. The van der Waals surface area contributed by atoms with Gasteiger partial charge in [-0.15, -0.1) is 0 Å². The summed E-state index contributed by atoms with van der Waals surface area (Å²) in [5, 5.41) is 4.72. The number of benzene rings is 3. The van der Waals surface area contributed by atoms with Crippen LogP contribution >= 0.6 is 0 Å². The number of aromatic nitrogens is 2. The molecule has 0 amide bonds. The van der Waals surface area contributed by atoms with Gasteiger partial charge < -0.3 is 4.74 Å². The Morgan fingerprint density at radius 3 is 2.35 bits per heavy atom. The van der Waals surface area contributed by atoms with Crippen LogP contribution in [0.25, 0.3) is 16.8 Å². The van der Waals surface area contributed by atoms with Gasteiger partial charge in [0.25, 0.3) is 0 Å². The molecule has 3 nitrogen and oxygen atoms in total. The summed E-state index contributed by atoms with van der Waals surface area (Å²) in [5.41, 5.74) is 7.47. The van der Waals surface area contributed by atoms with Crippen molar-refractivity contribution in [2.75, 3.05) is 0 Å². The Balaban J connectivity index is 1.38. The molecule has 37 heavy (non-hydrogen) atoms. The Labute approximate surface area is 225 Å². The fourth-order valence-electron chi connectivity index (χ4n) is 5.02. The minimum absolute atomic E-state index is 0.00208. The molecular formula is C34H36N2O. The topological polar surface area (TPSA) is 27.1 Å². The second kappa shape index (κ2) is 10.6. The van der Waals surface area contributed by atoms with E-state index in [1.807, 2.05) is 71.6 Å². The maximum Gasteiger partial charge on any atom is 0.129 e. The molecule has 0 saturated heterocycles. The highest BCUT2D eigenvalue weighted by molar-refractivity contribution is 5.72. The van der Waals surface area contributed by atoms with Crippen LogP contribution in [0, 0.1) is 0 Å². The van der Waals surface area contributed by atoms with Crippen LogP contribution < -0.4 is 4.74 Å². The average molecular weight is 492 g/mol. The van der Waals surface area contributed by atoms with E-state index in [-0.39, 0.29) is 5.92 Å². The monoisotopic (exact) mass is 491 g/mol. The van der Waals surface area contributed by atoms with Crippen LogP contribution in [0.5, 0.6) is 11.5 Å². The highest BCUT2D eigenvalue weighted by Gasteiger charge is 2.17. The van der Waals surface area contributed by atoms with E-state index in [4.69, 9.17) is 13.9 Å². The van der Waals surface area contributed by atoms with Gasteiger partial charge in [0, 0.05) is 27.9 Å². The highest BCUT2D eigenvalue weighted by Crippen LogP contribution is 2.37. The largest absolute Gasteiger partial charge is 0.457 e. The van der Waals surface area contributed by atoms with E-state index in [0.717, 1.165) is 16.8 Å².